The highest BCUT2D eigenvalue weighted by atomic mass is 79.9. The van der Waals surface area contributed by atoms with E-state index in [1.54, 1.807) is 0 Å². The van der Waals surface area contributed by atoms with E-state index in [2.05, 4.69) is 15.9 Å². The van der Waals surface area contributed by atoms with E-state index in [1.165, 1.54) is 18.2 Å². The molecule has 0 spiro atoms. The Kier molecular flexibility index (Phi) is 4.80. The minimum absolute atomic E-state index is 0.0604. The van der Waals surface area contributed by atoms with Gasteiger partial charge in [-0.25, -0.2) is 22.0 Å². The molecule has 0 saturated heterocycles. The number of rotatable bonds is 2. The Hall–Kier alpha value is -0.850. The molecule has 1 unspecified atom stereocenters. The zero-order chi connectivity index (χ0) is 15.9. The first-order valence-corrected chi connectivity index (χ1v) is 7.03. The topological polar surface area (TPSA) is 0 Å². The van der Waals surface area contributed by atoms with Gasteiger partial charge in [0.05, 0.1) is 4.83 Å². The number of hydrogen-bond donors (Lipinski definition) is 0. The number of benzene rings is 2. The van der Waals surface area contributed by atoms with Crippen LogP contribution in [0.1, 0.15) is 16.0 Å². The molecule has 0 bridgehead atoms. The van der Waals surface area contributed by atoms with Gasteiger partial charge < -0.3 is 0 Å². The van der Waals surface area contributed by atoms with Crippen LogP contribution in [-0.2, 0) is 0 Å². The number of halogens is 8. The molecule has 8 heteroatoms. The molecule has 112 valence electrons. The van der Waals surface area contributed by atoms with Crippen molar-refractivity contribution in [3.05, 3.63) is 68.5 Å². The molecule has 21 heavy (non-hydrogen) atoms. The zero-order valence-corrected chi connectivity index (χ0v) is 12.9. The van der Waals surface area contributed by atoms with E-state index in [9.17, 15) is 22.0 Å². The van der Waals surface area contributed by atoms with Gasteiger partial charge in [-0.05, 0) is 23.8 Å². The Morgan fingerprint density at radius 1 is 0.810 bits per heavy atom. The largest absolute Gasteiger partial charge is 0.203 e. The highest BCUT2D eigenvalue weighted by molar-refractivity contribution is 9.09. The summed E-state index contributed by atoms with van der Waals surface area (Å²) >= 11 is 14.5. The van der Waals surface area contributed by atoms with Crippen LogP contribution in [0.5, 0.6) is 0 Å². The van der Waals surface area contributed by atoms with Gasteiger partial charge in [0.15, 0.2) is 23.3 Å². The summed E-state index contributed by atoms with van der Waals surface area (Å²) in [7, 11) is 0. The van der Waals surface area contributed by atoms with Crippen molar-refractivity contribution in [1.82, 2.24) is 0 Å². The number of hydrogen-bond acceptors (Lipinski definition) is 0. The molecular weight excluding hydrogens is 402 g/mol. The molecule has 2 aromatic rings. The number of alkyl halides is 1. The molecule has 0 saturated carbocycles. The second-order valence-electron chi connectivity index (χ2n) is 4.01. The molecule has 1 atom stereocenters. The lowest BCUT2D eigenvalue weighted by Gasteiger charge is -2.16. The van der Waals surface area contributed by atoms with Crippen molar-refractivity contribution < 1.29 is 22.0 Å². The predicted octanol–water partition coefficient (Wildman–Crippen LogP) is 6.17. The fraction of sp³-hybridized carbons (Fsp3) is 0.0769. The van der Waals surface area contributed by atoms with Gasteiger partial charge in [-0.3, -0.25) is 0 Å². The van der Waals surface area contributed by atoms with Crippen LogP contribution in [0.2, 0.25) is 10.0 Å². The van der Waals surface area contributed by atoms with Gasteiger partial charge in [-0.2, -0.15) is 0 Å². The third kappa shape index (κ3) is 2.89. The second kappa shape index (κ2) is 6.10. The fourth-order valence-electron chi connectivity index (χ4n) is 1.71. The van der Waals surface area contributed by atoms with Crippen molar-refractivity contribution in [3.63, 3.8) is 0 Å². The highest BCUT2D eigenvalue weighted by Crippen LogP contribution is 2.40. The van der Waals surface area contributed by atoms with Gasteiger partial charge in [-0.1, -0.05) is 39.1 Å². The average molecular weight is 406 g/mol. The van der Waals surface area contributed by atoms with E-state index in [-0.39, 0.29) is 15.6 Å². The second-order valence-corrected chi connectivity index (χ2v) is 5.77. The lowest BCUT2D eigenvalue weighted by Crippen LogP contribution is -2.09. The molecule has 0 N–H and O–H groups in total. The van der Waals surface area contributed by atoms with Gasteiger partial charge in [0.2, 0.25) is 5.82 Å². The monoisotopic (exact) mass is 404 g/mol. The van der Waals surface area contributed by atoms with Gasteiger partial charge in [0.1, 0.15) is 0 Å². The van der Waals surface area contributed by atoms with Crippen molar-refractivity contribution in [2.45, 2.75) is 4.83 Å². The summed E-state index contributed by atoms with van der Waals surface area (Å²) in [4.78, 5) is -1.35. The lowest BCUT2D eigenvalue weighted by atomic mass is 10.0. The molecule has 0 fully saturated rings. The van der Waals surface area contributed by atoms with Crippen molar-refractivity contribution in [2.24, 2.45) is 0 Å². The maximum absolute atomic E-state index is 13.7. The van der Waals surface area contributed by atoms with Crippen LogP contribution in [0, 0.1) is 29.1 Å². The van der Waals surface area contributed by atoms with Crippen LogP contribution in [0.4, 0.5) is 22.0 Å². The van der Waals surface area contributed by atoms with Crippen molar-refractivity contribution in [1.29, 1.82) is 0 Å². The van der Waals surface area contributed by atoms with Crippen molar-refractivity contribution in [2.75, 3.05) is 0 Å². The van der Waals surface area contributed by atoms with Crippen molar-refractivity contribution in [3.8, 4) is 0 Å². The van der Waals surface area contributed by atoms with Crippen LogP contribution in [0.3, 0.4) is 0 Å². The first kappa shape index (κ1) is 16.5. The third-order valence-electron chi connectivity index (χ3n) is 2.73. The van der Waals surface area contributed by atoms with Gasteiger partial charge in [-0.15, -0.1) is 0 Å². The molecule has 2 rings (SSSR count). The molecule has 2 aromatic carbocycles. The molecule has 0 aliphatic heterocycles. The molecule has 0 heterocycles. The maximum atomic E-state index is 13.7. The maximum Gasteiger partial charge on any atom is 0.200 e. The Labute approximate surface area is 134 Å². The van der Waals surface area contributed by atoms with Crippen molar-refractivity contribution >= 4 is 39.1 Å². The summed E-state index contributed by atoms with van der Waals surface area (Å²) in [6.45, 7) is 0. The Morgan fingerprint density at radius 2 is 1.29 bits per heavy atom. The molecule has 0 aromatic heterocycles. The Morgan fingerprint density at radius 3 is 1.81 bits per heavy atom. The molecular formula is C13H4BrCl2F5. The summed E-state index contributed by atoms with van der Waals surface area (Å²) in [6.07, 6.45) is 0. The van der Waals surface area contributed by atoms with Crippen LogP contribution in [-0.4, -0.2) is 0 Å². The van der Waals surface area contributed by atoms with Gasteiger partial charge in [0, 0.05) is 15.6 Å². The Balaban J connectivity index is 2.69. The third-order valence-corrected chi connectivity index (χ3v) is 4.26. The quantitative estimate of drug-likeness (QED) is 0.242. The van der Waals surface area contributed by atoms with E-state index < -0.39 is 39.5 Å². The van der Waals surface area contributed by atoms with Crippen LogP contribution < -0.4 is 0 Å². The smallest absolute Gasteiger partial charge is 0.200 e. The van der Waals surface area contributed by atoms with E-state index in [4.69, 9.17) is 23.2 Å². The minimum Gasteiger partial charge on any atom is -0.203 e. The standard InChI is InChI=1S/C13H4BrCl2F5/c14-8(5-3-4(15)1-2-6(5)16)7-9(17)11(19)13(21)12(20)10(7)18/h1-3,8H. The molecule has 0 radical (unpaired) electrons. The summed E-state index contributed by atoms with van der Waals surface area (Å²) in [6, 6.07) is 4.03. The fourth-order valence-corrected chi connectivity index (χ4v) is 3.03. The lowest BCUT2D eigenvalue weighted by molar-refractivity contribution is 0.371. The zero-order valence-electron chi connectivity index (χ0n) is 9.83. The van der Waals surface area contributed by atoms with E-state index in [1.807, 2.05) is 0 Å². The highest BCUT2D eigenvalue weighted by Gasteiger charge is 2.30. The van der Waals surface area contributed by atoms with E-state index >= 15 is 0 Å². The first-order chi connectivity index (χ1) is 9.75. The van der Waals surface area contributed by atoms with Crippen LogP contribution >= 0.6 is 39.1 Å². The normalized spacial score (nSPS) is 12.6. The van der Waals surface area contributed by atoms with Gasteiger partial charge >= 0.3 is 0 Å². The molecule has 0 nitrogen and oxygen atoms in total. The van der Waals surface area contributed by atoms with Crippen LogP contribution in [0.25, 0.3) is 0 Å². The Bertz CT molecular complexity index is 691. The van der Waals surface area contributed by atoms with Crippen LogP contribution in [0.15, 0.2) is 18.2 Å². The summed E-state index contributed by atoms with van der Waals surface area (Å²) in [5.41, 5.74) is -0.956. The van der Waals surface area contributed by atoms with E-state index in [0.29, 0.717) is 0 Å². The van der Waals surface area contributed by atoms with E-state index in [0.717, 1.165) is 0 Å². The minimum atomic E-state index is -2.22. The van der Waals surface area contributed by atoms with Gasteiger partial charge in [0.25, 0.3) is 0 Å². The molecule has 0 aliphatic carbocycles. The SMILES string of the molecule is Fc1c(F)c(F)c(C(Br)c2cc(Cl)ccc2Cl)c(F)c1F. The predicted molar refractivity (Wildman–Crippen MR) is 73.5 cm³/mol. The summed E-state index contributed by atoms with van der Waals surface area (Å²) in [5, 5.41) is 0.257. The summed E-state index contributed by atoms with van der Waals surface area (Å²) in [5.74, 6) is -10.1. The molecule has 0 aliphatic rings. The molecule has 0 amide bonds. The first-order valence-electron chi connectivity index (χ1n) is 5.36. The average Bonchev–Trinajstić information content (AvgIpc) is 2.45. The summed E-state index contributed by atoms with van der Waals surface area (Å²) < 4.78 is 66.9.